The lowest BCUT2D eigenvalue weighted by atomic mass is 9.87. The van der Waals surface area contributed by atoms with E-state index in [0.717, 1.165) is 17.8 Å². The van der Waals surface area contributed by atoms with E-state index in [1.807, 2.05) is 37.3 Å². The van der Waals surface area contributed by atoms with E-state index in [-0.39, 0.29) is 30.0 Å². The van der Waals surface area contributed by atoms with E-state index in [9.17, 15) is 31.1 Å². The molecule has 40 heavy (non-hydrogen) atoms. The minimum atomic E-state index is -4.95. The number of likely N-dealkylation sites (tertiary alicyclic amines) is 1. The summed E-state index contributed by atoms with van der Waals surface area (Å²) in [6.45, 7) is 3.97. The highest BCUT2D eigenvalue weighted by Gasteiger charge is 2.38. The number of piperidine rings is 1. The van der Waals surface area contributed by atoms with Gasteiger partial charge in [0.1, 0.15) is 5.82 Å². The van der Waals surface area contributed by atoms with Crippen LogP contribution in [0.2, 0.25) is 0 Å². The fraction of sp³-hybridized carbons (Fsp3) is 0.379. The monoisotopic (exact) mass is 565 g/mol. The summed E-state index contributed by atoms with van der Waals surface area (Å²) in [4.78, 5) is 21.9. The maximum absolute atomic E-state index is 13.4. The van der Waals surface area contributed by atoms with Gasteiger partial charge in [0, 0.05) is 31.5 Å². The first-order valence-electron chi connectivity index (χ1n) is 12.9. The first-order valence-corrected chi connectivity index (χ1v) is 12.9. The van der Waals surface area contributed by atoms with E-state index in [1.165, 1.54) is 13.0 Å². The van der Waals surface area contributed by atoms with Gasteiger partial charge in [0.25, 0.3) is 0 Å². The van der Waals surface area contributed by atoms with Crippen molar-refractivity contribution in [3.8, 4) is 0 Å². The van der Waals surface area contributed by atoms with Crippen molar-refractivity contribution in [1.82, 2.24) is 14.9 Å². The van der Waals surface area contributed by atoms with E-state index >= 15 is 0 Å². The SMILES string of the molecule is CCc1ncc(C=CC(=O)N2CC[C@H](O[C@H](C)c3cc(C(F)(F)F)cc(C(F)(F)F)c3)[C@H](c3ccccc3)C2)[nH]1. The van der Waals surface area contributed by atoms with Crippen molar-refractivity contribution in [3.63, 3.8) is 0 Å². The van der Waals surface area contributed by atoms with Crippen LogP contribution in [-0.2, 0) is 28.3 Å². The summed E-state index contributed by atoms with van der Waals surface area (Å²) in [5.74, 6) is 0.223. The summed E-state index contributed by atoms with van der Waals surface area (Å²) >= 11 is 0. The molecule has 1 N–H and O–H groups in total. The van der Waals surface area contributed by atoms with Crippen molar-refractivity contribution in [2.75, 3.05) is 13.1 Å². The van der Waals surface area contributed by atoms with Gasteiger partial charge >= 0.3 is 12.4 Å². The van der Waals surface area contributed by atoms with Crippen LogP contribution in [0.25, 0.3) is 6.08 Å². The quantitative estimate of drug-likeness (QED) is 0.244. The molecule has 5 nitrogen and oxygen atoms in total. The number of ether oxygens (including phenoxy) is 1. The molecular formula is C29H29F6N3O2. The lowest BCUT2D eigenvalue weighted by molar-refractivity contribution is -0.143. The summed E-state index contributed by atoms with van der Waals surface area (Å²) in [7, 11) is 0. The molecule has 0 radical (unpaired) electrons. The van der Waals surface area contributed by atoms with Crippen molar-refractivity contribution in [1.29, 1.82) is 0 Å². The van der Waals surface area contributed by atoms with Crippen LogP contribution in [0.15, 0.2) is 60.8 Å². The summed E-state index contributed by atoms with van der Waals surface area (Å²) in [5, 5.41) is 0. The smallest absolute Gasteiger partial charge is 0.370 e. The predicted octanol–water partition coefficient (Wildman–Crippen LogP) is 7.19. The maximum atomic E-state index is 13.4. The Labute approximate surface area is 227 Å². The summed E-state index contributed by atoms with van der Waals surface area (Å²) < 4.78 is 86.5. The number of alkyl halides is 6. The van der Waals surface area contributed by atoms with Gasteiger partial charge in [-0.3, -0.25) is 4.79 Å². The van der Waals surface area contributed by atoms with Gasteiger partial charge in [0.05, 0.1) is 35.2 Å². The van der Waals surface area contributed by atoms with Crippen LogP contribution in [0, 0.1) is 0 Å². The van der Waals surface area contributed by atoms with Crippen LogP contribution in [0.4, 0.5) is 26.3 Å². The number of aromatic nitrogens is 2. The van der Waals surface area contributed by atoms with E-state index < -0.39 is 35.7 Å². The van der Waals surface area contributed by atoms with Crippen LogP contribution >= 0.6 is 0 Å². The first kappa shape index (κ1) is 29.4. The molecule has 1 aliphatic heterocycles. The molecule has 2 heterocycles. The number of nitrogens with one attached hydrogen (secondary N) is 1. The topological polar surface area (TPSA) is 58.2 Å². The molecule has 0 spiro atoms. The standard InChI is InChI=1S/C29H29F6N3O2/c1-3-26-36-16-23(37-26)9-10-27(39)38-12-11-25(24(17-38)19-7-5-4-6-8-19)40-18(2)20-13-21(28(30,31)32)15-22(14-20)29(33,34)35/h4-10,13-16,18,24-25H,3,11-12,17H2,1-2H3,(H,36,37)/t18-,24+,25+/m1/s1. The zero-order valence-electron chi connectivity index (χ0n) is 21.9. The number of aromatic amines is 1. The number of hydrogen-bond donors (Lipinski definition) is 1. The third-order valence-electron chi connectivity index (χ3n) is 6.94. The molecule has 1 aliphatic rings. The van der Waals surface area contributed by atoms with E-state index in [1.54, 1.807) is 17.2 Å². The van der Waals surface area contributed by atoms with Crippen molar-refractivity contribution in [2.24, 2.45) is 0 Å². The molecule has 0 unspecified atom stereocenters. The van der Waals surface area contributed by atoms with Crippen molar-refractivity contribution in [2.45, 2.75) is 57.2 Å². The van der Waals surface area contributed by atoms with Gasteiger partial charge in [0.2, 0.25) is 5.91 Å². The second kappa shape index (κ2) is 11.9. The van der Waals surface area contributed by atoms with Crippen LogP contribution < -0.4 is 0 Å². The second-order valence-electron chi connectivity index (χ2n) is 9.72. The molecule has 1 amide bonds. The van der Waals surface area contributed by atoms with Gasteiger partial charge in [-0.2, -0.15) is 26.3 Å². The van der Waals surface area contributed by atoms with Crippen LogP contribution in [-0.4, -0.2) is 40.0 Å². The zero-order chi connectivity index (χ0) is 29.1. The normalized spacial score (nSPS) is 19.2. The molecule has 3 atom stereocenters. The Morgan fingerprint density at radius 1 is 1.10 bits per heavy atom. The van der Waals surface area contributed by atoms with Crippen LogP contribution in [0.5, 0.6) is 0 Å². The number of amides is 1. The Hall–Kier alpha value is -3.60. The minimum Gasteiger partial charge on any atom is -0.370 e. The molecular weight excluding hydrogens is 536 g/mol. The van der Waals surface area contributed by atoms with Gasteiger partial charge in [-0.25, -0.2) is 4.98 Å². The summed E-state index contributed by atoms with van der Waals surface area (Å²) in [6, 6.07) is 10.7. The molecule has 0 saturated carbocycles. The van der Waals surface area contributed by atoms with E-state index in [0.29, 0.717) is 30.8 Å². The highest BCUT2D eigenvalue weighted by atomic mass is 19.4. The number of H-pyrrole nitrogens is 1. The molecule has 1 saturated heterocycles. The molecule has 2 aromatic carbocycles. The van der Waals surface area contributed by atoms with Gasteiger partial charge in [-0.1, -0.05) is 37.3 Å². The first-order chi connectivity index (χ1) is 18.8. The number of imidazole rings is 1. The molecule has 11 heteroatoms. The molecule has 1 aromatic heterocycles. The maximum Gasteiger partial charge on any atom is 0.416 e. The molecule has 0 aliphatic carbocycles. The minimum absolute atomic E-state index is 0.104. The summed E-state index contributed by atoms with van der Waals surface area (Å²) in [5.41, 5.74) is -1.45. The van der Waals surface area contributed by atoms with Crippen molar-refractivity contribution in [3.05, 3.63) is 94.6 Å². The van der Waals surface area contributed by atoms with Crippen molar-refractivity contribution >= 4 is 12.0 Å². The molecule has 3 aromatic rings. The average Bonchev–Trinajstić information content (AvgIpc) is 3.39. The second-order valence-corrected chi connectivity index (χ2v) is 9.72. The van der Waals surface area contributed by atoms with E-state index in [4.69, 9.17) is 4.74 Å². The van der Waals surface area contributed by atoms with Crippen LogP contribution in [0.3, 0.4) is 0 Å². The number of carbonyl (C=O) groups excluding carboxylic acids is 1. The average molecular weight is 566 g/mol. The molecule has 4 rings (SSSR count). The Bertz CT molecular complexity index is 1300. The Balaban J connectivity index is 1.55. The van der Waals surface area contributed by atoms with Gasteiger partial charge in [-0.15, -0.1) is 0 Å². The number of aryl methyl sites for hydroxylation is 1. The van der Waals surface area contributed by atoms with E-state index in [2.05, 4.69) is 9.97 Å². The lowest BCUT2D eigenvalue weighted by Gasteiger charge is -2.39. The fourth-order valence-corrected chi connectivity index (χ4v) is 4.78. The van der Waals surface area contributed by atoms with Gasteiger partial charge in [0.15, 0.2) is 0 Å². The molecule has 0 bridgehead atoms. The third-order valence-corrected chi connectivity index (χ3v) is 6.94. The Kier molecular flexibility index (Phi) is 8.72. The fourth-order valence-electron chi connectivity index (χ4n) is 4.78. The number of nitrogens with zero attached hydrogens (tertiary/aromatic N) is 2. The number of hydrogen-bond acceptors (Lipinski definition) is 3. The zero-order valence-corrected chi connectivity index (χ0v) is 21.9. The predicted molar refractivity (Wildman–Crippen MR) is 137 cm³/mol. The van der Waals surface area contributed by atoms with Gasteiger partial charge < -0.3 is 14.6 Å². The molecule has 1 fully saturated rings. The largest absolute Gasteiger partial charge is 0.416 e. The lowest BCUT2D eigenvalue weighted by Crippen LogP contribution is -2.45. The Morgan fingerprint density at radius 2 is 1.75 bits per heavy atom. The Morgan fingerprint density at radius 3 is 2.33 bits per heavy atom. The number of halogens is 6. The third kappa shape index (κ3) is 7.12. The van der Waals surface area contributed by atoms with Crippen molar-refractivity contribution < 1.29 is 35.9 Å². The highest BCUT2D eigenvalue weighted by Crippen LogP contribution is 2.39. The highest BCUT2D eigenvalue weighted by molar-refractivity contribution is 5.91. The number of benzene rings is 2. The van der Waals surface area contributed by atoms with Crippen LogP contribution in [0.1, 0.15) is 66.1 Å². The number of carbonyl (C=O) groups is 1. The molecule has 214 valence electrons. The number of rotatable bonds is 7. The summed E-state index contributed by atoms with van der Waals surface area (Å²) in [6.07, 6.45) is -5.71. The van der Waals surface area contributed by atoms with Gasteiger partial charge in [-0.05, 0) is 48.7 Å².